The molecule has 5 nitrogen and oxygen atoms in total. The average molecular weight is 324 g/mol. The standard InChI is InChI=1S/C15H15F3N4O/c16-15(17,18)11-1-2-12(22-9-11)23-14-13(20-7-8-21-14)10-3-5-19-6-4-10/h1-2,7-10,19H,3-6H2. The molecule has 1 fully saturated rings. The first-order chi connectivity index (χ1) is 11.0. The molecule has 23 heavy (non-hydrogen) atoms. The molecule has 0 bridgehead atoms. The summed E-state index contributed by atoms with van der Waals surface area (Å²) in [5, 5.41) is 3.27. The largest absolute Gasteiger partial charge is 0.419 e. The Morgan fingerprint density at radius 2 is 1.78 bits per heavy atom. The third kappa shape index (κ3) is 3.76. The van der Waals surface area contributed by atoms with E-state index in [-0.39, 0.29) is 11.8 Å². The number of ether oxygens (including phenoxy) is 1. The van der Waals surface area contributed by atoms with Gasteiger partial charge in [0.15, 0.2) is 0 Å². The Bertz CT molecular complexity index is 655. The van der Waals surface area contributed by atoms with Crippen LogP contribution in [0.25, 0.3) is 0 Å². The smallest absolute Gasteiger partial charge is 0.417 e. The van der Waals surface area contributed by atoms with Crippen molar-refractivity contribution in [3.8, 4) is 11.8 Å². The maximum absolute atomic E-state index is 12.5. The van der Waals surface area contributed by atoms with Gasteiger partial charge >= 0.3 is 6.18 Å². The maximum atomic E-state index is 12.5. The number of halogens is 3. The van der Waals surface area contributed by atoms with E-state index in [9.17, 15) is 13.2 Å². The van der Waals surface area contributed by atoms with E-state index in [1.54, 1.807) is 6.20 Å². The monoisotopic (exact) mass is 324 g/mol. The molecule has 1 saturated heterocycles. The lowest BCUT2D eigenvalue weighted by Gasteiger charge is -2.23. The van der Waals surface area contributed by atoms with Crippen LogP contribution in [-0.4, -0.2) is 28.0 Å². The third-order valence-corrected chi connectivity index (χ3v) is 3.68. The van der Waals surface area contributed by atoms with Crippen molar-refractivity contribution >= 4 is 0 Å². The number of nitrogens with zero attached hydrogens (tertiary/aromatic N) is 3. The molecule has 0 spiro atoms. The van der Waals surface area contributed by atoms with Crippen molar-refractivity contribution in [2.75, 3.05) is 13.1 Å². The van der Waals surface area contributed by atoms with Crippen molar-refractivity contribution in [3.63, 3.8) is 0 Å². The minimum absolute atomic E-state index is 0.0636. The van der Waals surface area contributed by atoms with Gasteiger partial charge in [-0.15, -0.1) is 0 Å². The van der Waals surface area contributed by atoms with Gasteiger partial charge in [0, 0.05) is 30.6 Å². The fourth-order valence-corrected chi connectivity index (χ4v) is 2.50. The van der Waals surface area contributed by atoms with Gasteiger partial charge in [0.1, 0.15) is 5.69 Å². The molecule has 122 valence electrons. The number of pyridine rings is 1. The van der Waals surface area contributed by atoms with Gasteiger partial charge in [0.05, 0.1) is 5.56 Å². The van der Waals surface area contributed by atoms with Gasteiger partial charge in [-0.05, 0) is 32.0 Å². The molecule has 8 heteroatoms. The molecule has 0 aromatic carbocycles. The predicted octanol–water partition coefficient (Wildman–Crippen LogP) is 3.15. The minimum Gasteiger partial charge on any atom is -0.419 e. The van der Waals surface area contributed by atoms with Crippen molar-refractivity contribution in [2.24, 2.45) is 0 Å². The Labute approximate surface area is 130 Å². The number of piperidine rings is 1. The zero-order chi connectivity index (χ0) is 16.3. The summed E-state index contributed by atoms with van der Waals surface area (Å²) in [6.07, 6.45) is 1.23. The normalized spacial score (nSPS) is 16.3. The second-order valence-electron chi connectivity index (χ2n) is 5.26. The SMILES string of the molecule is FC(F)(F)c1ccc(Oc2nccnc2C2CCNCC2)nc1. The highest BCUT2D eigenvalue weighted by molar-refractivity contribution is 5.28. The van der Waals surface area contributed by atoms with E-state index in [1.165, 1.54) is 12.3 Å². The Morgan fingerprint density at radius 1 is 1.04 bits per heavy atom. The minimum atomic E-state index is -4.42. The molecule has 2 aromatic heterocycles. The molecular weight excluding hydrogens is 309 g/mol. The molecule has 3 rings (SSSR count). The molecule has 1 N–H and O–H groups in total. The predicted molar refractivity (Wildman–Crippen MR) is 76.2 cm³/mol. The summed E-state index contributed by atoms with van der Waals surface area (Å²) >= 11 is 0. The Morgan fingerprint density at radius 3 is 2.43 bits per heavy atom. The topological polar surface area (TPSA) is 59.9 Å². The Balaban J connectivity index is 1.80. The van der Waals surface area contributed by atoms with Gasteiger partial charge in [-0.1, -0.05) is 0 Å². The molecule has 0 radical (unpaired) electrons. The van der Waals surface area contributed by atoms with Crippen LogP contribution in [0.15, 0.2) is 30.7 Å². The van der Waals surface area contributed by atoms with Crippen LogP contribution in [0.1, 0.15) is 30.0 Å². The summed E-state index contributed by atoms with van der Waals surface area (Å²) in [6.45, 7) is 1.78. The summed E-state index contributed by atoms with van der Waals surface area (Å²) in [4.78, 5) is 12.2. The summed E-state index contributed by atoms with van der Waals surface area (Å²) in [6, 6.07) is 2.12. The molecule has 1 aliphatic rings. The van der Waals surface area contributed by atoms with Crippen LogP contribution in [0.5, 0.6) is 11.8 Å². The van der Waals surface area contributed by atoms with E-state index >= 15 is 0 Å². The molecule has 0 saturated carbocycles. The molecule has 0 atom stereocenters. The van der Waals surface area contributed by atoms with Crippen LogP contribution in [0.4, 0.5) is 13.2 Å². The summed E-state index contributed by atoms with van der Waals surface area (Å²) < 4.78 is 43.2. The second-order valence-corrected chi connectivity index (χ2v) is 5.26. The lowest BCUT2D eigenvalue weighted by atomic mass is 9.94. The molecule has 3 heterocycles. The van der Waals surface area contributed by atoms with E-state index < -0.39 is 11.7 Å². The number of hydrogen-bond acceptors (Lipinski definition) is 5. The van der Waals surface area contributed by atoms with Crippen LogP contribution < -0.4 is 10.1 Å². The third-order valence-electron chi connectivity index (χ3n) is 3.68. The van der Waals surface area contributed by atoms with E-state index in [2.05, 4.69) is 20.3 Å². The van der Waals surface area contributed by atoms with Gasteiger partial charge < -0.3 is 10.1 Å². The van der Waals surface area contributed by atoms with Crippen molar-refractivity contribution in [2.45, 2.75) is 24.9 Å². The average Bonchev–Trinajstić information content (AvgIpc) is 2.56. The zero-order valence-electron chi connectivity index (χ0n) is 12.2. The molecular formula is C15H15F3N4O. The molecule has 0 aliphatic carbocycles. The fraction of sp³-hybridized carbons (Fsp3) is 0.400. The highest BCUT2D eigenvalue weighted by Gasteiger charge is 2.31. The van der Waals surface area contributed by atoms with Crippen LogP contribution in [0.3, 0.4) is 0 Å². The quantitative estimate of drug-likeness (QED) is 0.940. The molecule has 1 aliphatic heterocycles. The summed E-state index contributed by atoms with van der Waals surface area (Å²) in [7, 11) is 0. The number of hydrogen-bond donors (Lipinski definition) is 1. The van der Waals surface area contributed by atoms with Crippen LogP contribution in [-0.2, 0) is 6.18 Å². The second kappa shape index (κ2) is 6.49. The first-order valence-corrected chi connectivity index (χ1v) is 7.27. The van der Waals surface area contributed by atoms with Gasteiger partial charge in [0.25, 0.3) is 0 Å². The maximum Gasteiger partial charge on any atom is 0.417 e. The van der Waals surface area contributed by atoms with Crippen molar-refractivity contribution < 1.29 is 17.9 Å². The zero-order valence-corrected chi connectivity index (χ0v) is 12.2. The first-order valence-electron chi connectivity index (χ1n) is 7.27. The van der Waals surface area contributed by atoms with Crippen LogP contribution in [0.2, 0.25) is 0 Å². The number of aromatic nitrogens is 3. The fourth-order valence-electron chi connectivity index (χ4n) is 2.50. The van der Waals surface area contributed by atoms with E-state index in [0.717, 1.165) is 43.9 Å². The van der Waals surface area contributed by atoms with E-state index in [1.807, 2.05) is 0 Å². The van der Waals surface area contributed by atoms with Gasteiger partial charge in [-0.2, -0.15) is 13.2 Å². The number of rotatable bonds is 3. The lowest BCUT2D eigenvalue weighted by Crippen LogP contribution is -2.27. The summed E-state index contributed by atoms with van der Waals surface area (Å²) in [5.41, 5.74) is -0.0988. The van der Waals surface area contributed by atoms with Gasteiger partial charge in [-0.25, -0.2) is 9.97 Å². The number of nitrogens with one attached hydrogen (secondary N) is 1. The first kappa shape index (κ1) is 15.7. The lowest BCUT2D eigenvalue weighted by molar-refractivity contribution is -0.137. The van der Waals surface area contributed by atoms with Gasteiger partial charge in [-0.3, -0.25) is 4.98 Å². The molecule has 2 aromatic rings. The van der Waals surface area contributed by atoms with E-state index in [0.29, 0.717) is 5.88 Å². The summed E-state index contributed by atoms with van der Waals surface area (Å²) in [5.74, 6) is 0.578. The van der Waals surface area contributed by atoms with Crippen molar-refractivity contribution in [3.05, 3.63) is 42.0 Å². The van der Waals surface area contributed by atoms with Crippen molar-refractivity contribution in [1.29, 1.82) is 0 Å². The van der Waals surface area contributed by atoms with E-state index in [4.69, 9.17) is 4.74 Å². The molecule has 0 unspecified atom stereocenters. The van der Waals surface area contributed by atoms with Crippen LogP contribution >= 0.6 is 0 Å². The number of alkyl halides is 3. The van der Waals surface area contributed by atoms with Crippen molar-refractivity contribution in [1.82, 2.24) is 20.3 Å². The molecule has 0 amide bonds. The van der Waals surface area contributed by atoms with Crippen LogP contribution in [0, 0.1) is 0 Å². The Hall–Kier alpha value is -2.22. The highest BCUT2D eigenvalue weighted by atomic mass is 19.4. The highest BCUT2D eigenvalue weighted by Crippen LogP contribution is 2.33. The Kier molecular flexibility index (Phi) is 4.42. The van der Waals surface area contributed by atoms with Gasteiger partial charge in [0.2, 0.25) is 11.8 Å².